The fraction of sp³-hybridized carbons (Fsp3) is 0.533. The summed E-state index contributed by atoms with van der Waals surface area (Å²) in [6.45, 7) is 4.30. The normalized spacial score (nSPS) is 11.2. The predicted molar refractivity (Wildman–Crippen MR) is 81.6 cm³/mol. The third-order valence-electron chi connectivity index (χ3n) is 3.22. The van der Waals surface area contributed by atoms with Gasteiger partial charge in [0.2, 0.25) is 0 Å². The van der Waals surface area contributed by atoms with Crippen LogP contribution in [0.15, 0.2) is 18.2 Å². The summed E-state index contributed by atoms with van der Waals surface area (Å²) in [5.41, 5.74) is 1.99. The quantitative estimate of drug-likeness (QED) is 0.551. The first-order valence-corrected chi connectivity index (χ1v) is 7.51. The Kier molecular flexibility index (Phi) is 5.68. The first kappa shape index (κ1) is 15.1. The maximum absolute atomic E-state index is 6.02. The molecule has 0 amide bonds. The van der Waals surface area contributed by atoms with Crippen LogP contribution < -0.4 is 4.74 Å². The van der Waals surface area contributed by atoms with Gasteiger partial charge in [0.15, 0.2) is 0 Å². The molecule has 4 nitrogen and oxygen atoms in total. The van der Waals surface area contributed by atoms with E-state index in [9.17, 15) is 0 Å². The van der Waals surface area contributed by atoms with E-state index in [0.29, 0.717) is 12.5 Å². The highest BCUT2D eigenvalue weighted by Gasteiger charge is 2.13. The van der Waals surface area contributed by atoms with Gasteiger partial charge in [0.25, 0.3) is 0 Å². The van der Waals surface area contributed by atoms with Crippen molar-refractivity contribution in [2.45, 2.75) is 32.2 Å². The summed E-state index contributed by atoms with van der Waals surface area (Å²) in [5, 5.41) is 0. The maximum Gasteiger partial charge on any atom is 0.147 e. The monoisotopic (exact) mass is 296 g/mol. The molecule has 1 heterocycles. The smallest absolute Gasteiger partial charge is 0.147 e. The van der Waals surface area contributed by atoms with Gasteiger partial charge >= 0.3 is 0 Å². The highest BCUT2D eigenvalue weighted by atomic mass is 35.5. The Balaban J connectivity index is 2.29. The summed E-state index contributed by atoms with van der Waals surface area (Å²) in [7, 11) is 1.73. The zero-order chi connectivity index (χ0) is 14.4. The van der Waals surface area contributed by atoms with Crippen LogP contribution in [0.4, 0.5) is 0 Å². The minimum atomic E-state index is 0.407. The second-order valence-electron chi connectivity index (χ2n) is 4.57. The number of hydrogen-bond donors (Lipinski definition) is 0. The molecule has 5 heteroatoms. The lowest BCUT2D eigenvalue weighted by atomic mass is 10.2. The van der Waals surface area contributed by atoms with Crippen molar-refractivity contribution in [2.75, 3.05) is 20.3 Å². The van der Waals surface area contributed by atoms with E-state index in [0.717, 1.165) is 48.6 Å². The van der Waals surface area contributed by atoms with Crippen molar-refractivity contribution < 1.29 is 9.47 Å². The topological polar surface area (TPSA) is 36.3 Å². The minimum Gasteiger partial charge on any atom is -0.492 e. The molecular weight excluding hydrogens is 276 g/mol. The summed E-state index contributed by atoms with van der Waals surface area (Å²) < 4.78 is 12.9. The van der Waals surface area contributed by atoms with Crippen LogP contribution in [0.2, 0.25) is 0 Å². The first-order valence-electron chi connectivity index (χ1n) is 6.97. The fourth-order valence-corrected chi connectivity index (χ4v) is 2.51. The van der Waals surface area contributed by atoms with Crippen LogP contribution >= 0.6 is 11.6 Å². The number of aryl methyl sites for hydroxylation is 1. The fourth-order valence-electron chi connectivity index (χ4n) is 2.31. The summed E-state index contributed by atoms with van der Waals surface area (Å²) in [5.74, 6) is 2.13. The zero-order valence-electron chi connectivity index (χ0n) is 12.1. The molecule has 0 aliphatic rings. The zero-order valence-corrected chi connectivity index (χ0v) is 12.8. The highest BCUT2D eigenvalue weighted by Crippen LogP contribution is 2.27. The van der Waals surface area contributed by atoms with Crippen molar-refractivity contribution in [1.82, 2.24) is 9.55 Å². The lowest BCUT2D eigenvalue weighted by Crippen LogP contribution is -2.03. The molecule has 110 valence electrons. The first-order chi connectivity index (χ1) is 9.81. The van der Waals surface area contributed by atoms with E-state index in [4.69, 9.17) is 21.1 Å². The second-order valence-corrected chi connectivity index (χ2v) is 4.84. The SMILES string of the molecule is CCOc1cccc2c1nc(CCl)n2CCCCOC. The molecule has 1 aromatic carbocycles. The third-order valence-corrected chi connectivity index (χ3v) is 3.46. The van der Waals surface area contributed by atoms with Gasteiger partial charge in [-0.05, 0) is 31.9 Å². The average Bonchev–Trinajstić information content (AvgIpc) is 2.83. The molecule has 0 aliphatic carbocycles. The second kappa shape index (κ2) is 7.50. The molecule has 0 N–H and O–H groups in total. The standard InChI is InChI=1S/C15H21ClN2O2/c1-3-20-13-8-6-7-12-15(13)17-14(11-16)18(12)9-4-5-10-19-2/h6-8H,3-5,9-11H2,1-2H3. The summed E-state index contributed by atoms with van der Waals surface area (Å²) >= 11 is 6.02. The molecule has 20 heavy (non-hydrogen) atoms. The van der Waals surface area contributed by atoms with E-state index < -0.39 is 0 Å². The van der Waals surface area contributed by atoms with Gasteiger partial charge in [-0.15, -0.1) is 11.6 Å². The van der Waals surface area contributed by atoms with Gasteiger partial charge in [-0.3, -0.25) is 0 Å². The summed E-state index contributed by atoms with van der Waals surface area (Å²) in [6, 6.07) is 6.02. The number of aromatic nitrogens is 2. The Morgan fingerprint density at radius 2 is 2.15 bits per heavy atom. The number of unbranched alkanes of at least 4 members (excludes halogenated alkanes) is 1. The van der Waals surface area contributed by atoms with E-state index in [2.05, 4.69) is 15.6 Å². The molecule has 0 bridgehead atoms. The largest absolute Gasteiger partial charge is 0.492 e. The number of rotatable bonds is 8. The van der Waals surface area contributed by atoms with Gasteiger partial charge in [-0.1, -0.05) is 6.07 Å². The number of fused-ring (bicyclic) bond motifs is 1. The number of alkyl halides is 1. The molecule has 0 fully saturated rings. The molecule has 1 aromatic heterocycles. The third kappa shape index (κ3) is 3.25. The van der Waals surface area contributed by atoms with E-state index in [1.165, 1.54) is 0 Å². The van der Waals surface area contributed by atoms with Gasteiger partial charge < -0.3 is 14.0 Å². The van der Waals surface area contributed by atoms with Crippen LogP contribution in [-0.2, 0) is 17.2 Å². The Labute approximate surface area is 124 Å². The van der Waals surface area contributed by atoms with Gasteiger partial charge in [0.1, 0.15) is 17.1 Å². The average molecular weight is 297 g/mol. The Morgan fingerprint density at radius 3 is 2.85 bits per heavy atom. The van der Waals surface area contributed by atoms with Crippen molar-refractivity contribution in [1.29, 1.82) is 0 Å². The number of halogens is 1. The van der Waals surface area contributed by atoms with Gasteiger partial charge in [0, 0.05) is 20.3 Å². The number of nitrogens with zero attached hydrogens (tertiary/aromatic N) is 2. The molecule has 0 saturated heterocycles. The molecule has 0 atom stereocenters. The van der Waals surface area contributed by atoms with Crippen molar-refractivity contribution in [3.05, 3.63) is 24.0 Å². The molecule has 0 radical (unpaired) electrons. The van der Waals surface area contributed by atoms with Crippen molar-refractivity contribution in [3.63, 3.8) is 0 Å². The number of imidazole rings is 1. The van der Waals surface area contributed by atoms with Crippen LogP contribution in [-0.4, -0.2) is 29.9 Å². The number of methoxy groups -OCH3 is 1. The van der Waals surface area contributed by atoms with Gasteiger partial charge in [-0.2, -0.15) is 0 Å². The molecule has 2 rings (SSSR count). The van der Waals surface area contributed by atoms with Crippen LogP contribution in [0.5, 0.6) is 5.75 Å². The number of hydrogen-bond acceptors (Lipinski definition) is 3. The molecule has 2 aromatic rings. The number of benzene rings is 1. The van der Waals surface area contributed by atoms with E-state index in [-0.39, 0.29) is 0 Å². The summed E-state index contributed by atoms with van der Waals surface area (Å²) in [4.78, 5) is 4.62. The predicted octanol–water partition coefficient (Wildman–Crippen LogP) is 3.60. The Hall–Kier alpha value is -1.26. The van der Waals surface area contributed by atoms with E-state index in [1.807, 2.05) is 19.1 Å². The molecule has 0 unspecified atom stereocenters. The van der Waals surface area contributed by atoms with E-state index >= 15 is 0 Å². The molecule has 0 aliphatic heterocycles. The van der Waals surface area contributed by atoms with Crippen LogP contribution in [0, 0.1) is 0 Å². The summed E-state index contributed by atoms with van der Waals surface area (Å²) in [6.07, 6.45) is 2.07. The maximum atomic E-state index is 6.02. The van der Waals surface area contributed by atoms with Gasteiger partial charge in [-0.25, -0.2) is 4.98 Å². The molecule has 0 saturated carbocycles. The minimum absolute atomic E-state index is 0.407. The van der Waals surface area contributed by atoms with Crippen LogP contribution in [0.25, 0.3) is 11.0 Å². The number of ether oxygens (including phenoxy) is 2. The van der Waals surface area contributed by atoms with Crippen LogP contribution in [0.3, 0.4) is 0 Å². The van der Waals surface area contributed by atoms with Crippen molar-refractivity contribution in [3.8, 4) is 5.75 Å². The Morgan fingerprint density at radius 1 is 1.30 bits per heavy atom. The van der Waals surface area contributed by atoms with Crippen molar-refractivity contribution in [2.24, 2.45) is 0 Å². The highest BCUT2D eigenvalue weighted by molar-refractivity contribution is 6.16. The Bertz CT molecular complexity index is 554. The lowest BCUT2D eigenvalue weighted by Gasteiger charge is -2.08. The van der Waals surface area contributed by atoms with Gasteiger partial charge in [0.05, 0.1) is 18.0 Å². The molecule has 0 spiro atoms. The van der Waals surface area contributed by atoms with Crippen molar-refractivity contribution >= 4 is 22.6 Å². The van der Waals surface area contributed by atoms with E-state index in [1.54, 1.807) is 7.11 Å². The number of para-hydroxylation sites is 1. The lowest BCUT2D eigenvalue weighted by molar-refractivity contribution is 0.191. The molecular formula is C15H21ClN2O2. The van der Waals surface area contributed by atoms with Crippen LogP contribution in [0.1, 0.15) is 25.6 Å².